The van der Waals surface area contributed by atoms with E-state index in [9.17, 15) is 14.0 Å². The Hall–Kier alpha value is -2.81. The lowest BCUT2D eigenvalue weighted by Crippen LogP contribution is -2.38. The van der Waals surface area contributed by atoms with Crippen molar-refractivity contribution in [3.63, 3.8) is 0 Å². The van der Waals surface area contributed by atoms with Crippen LogP contribution in [0, 0.1) is 5.82 Å². The van der Waals surface area contributed by atoms with E-state index >= 15 is 0 Å². The van der Waals surface area contributed by atoms with Crippen molar-refractivity contribution in [2.24, 2.45) is 0 Å². The van der Waals surface area contributed by atoms with Gasteiger partial charge in [-0.15, -0.1) is 5.10 Å². The van der Waals surface area contributed by atoms with Crippen molar-refractivity contribution in [1.82, 2.24) is 20.3 Å². The number of benzene rings is 1. The highest BCUT2D eigenvalue weighted by Gasteiger charge is 2.29. The second kappa shape index (κ2) is 7.39. The zero-order valence-electron chi connectivity index (χ0n) is 13.3. The first-order chi connectivity index (χ1) is 12.0. The standard InChI is InChI=1S/C16H17FN4O4/c17-11-5-3-10(4-6-11)15(13-2-1-7-25-13)18-14(22)9-21-8-12(16(23)24)19-20-21/h3-6,8,13,15H,1-2,7,9H2,(H,18,22)(H,23,24)/t13-,15-/m0/s1. The minimum absolute atomic E-state index is 0.176. The quantitative estimate of drug-likeness (QED) is 0.811. The van der Waals surface area contributed by atoms with Crippen LogP contribution in [0.5, 0.6) is 0 Å². The Morgan fingerprint density at radius 1 is 1.40 bits per heavy atom. The number of hydrogen-bond acceptors (Lipinski definition) is 5. The van der Waals surface area contributed by atoms with E-state index in [1.54, 1.807) is 12.1 Å². The molecule has 1 aliphatic heterocycles. The normalized spacial score (nSPS) is 18.0. The van der Waals surface area contributed by atoms with Gasteiger partial charge in [-0.25, -0.2) is 13.9 Å². The number of carbonyl (C=O) groups is 2. The predicted octanol–water partition coefficient (Wildman–Crippen LogP) is 1.15. The van der Waals surface area contributed by atoms with Crippen molar-refractivity contribution < 1.29 is 23.8 Å². The maximum absolute atomic E-state index is 13.2. The van der Waals surface area contributed by atoms with Gasteiger partial charge in [0.05, 0.1) is 18.3 Å². The third kappa shape index (κ3) is 4.18. The monoisotopic (exact) mass is 348 g/mol. The summed E-state index contributed by atoms with van der Waals surface area (Å²) in [5.41, 5.74) is 0.508. The summed E-state index contributed by atoms with van der Waals surface area (Å²) in [5, 5.41) is 18.8. The van der Waals surface area contributed by atoms with Crippen LogP contribution < -0.4 is 5.32 Å². The van der Waals surface area contributed by atoms with E-state index in [1.165, 1.54) is 18.3 Å². The number of aromatic carboxylic acids is 1. The summed E-state index contributed by atoms with van der Waals surface area (Å²) < 4.78 is 20.0. The van der Waals surface area contributed by atoms with E-state index in [4.69, 9.17) is 9.84 Å². The van der Waals surface area contributed by atoms with Crippen LogP contribution in [0.15, 0.2) is 30.5 Å². The van der Waals surface area contributed by atoms with Gasteiger partial charge < -0.3 is 15.2 Å². The van der Waals surface area contributed by atoms with Crippen molar-refractivity contribution in [2.45, 2.75) is 31.5 Å². The molecule has 1 amide bonds. The van der Waals surface area contributed by atoms with Crippen molar-refractivity contribution in [1.29, 1.82) is 0 Å². The molecule has 2 N–H and O–H groups in total. The molecule has 25 heavy (non-hydrogen) atoms. The van der Waals surface area contributed by atoms with Gasteiger partial charge >= 0.3 is 5.97 Å². The lowest BCUT2D eigenvalue weighted by Gasteiger charge is -2.24. The minimum Gasteiger partial charge on any atom is -0.476 e. The number of amides is 1. The molecule has 1 aliphatic rings. The summed E-state index contributed by atoms with van der Waals surface area (Å²) in [6.45, 7) is 0.438. The van der Waals surface area contributed by atoms with Crippen molar-refractivity contribution in [2.75, 3.05) is 6.61 Å². The fourth-order valence-corrected chi connectivity index (χ4v) is 2.77. The number of hydrogen-bond donors (Lipinski definition) is 2. The number of carboxylic acid groups (broad SMARTS) is 1. The molecule has 2 aromatic rings. The number of nitrogens with zero attached hydrogens (tertiary/aromatic N) is 3. The average molecular weight is 348 g/mol. The van der Waals surface area contributed by atoms with Gasteiger partial charge in [-0.05, 0) is 30.5 Å². The Bertz CT molecular complexity index is 756. The summed E-state index contributed by atoms with van der Waals surface area (Å²) in [7, 11) is 0. The number of rotatable bonds is 6. The molecule has 1 fully saturated rings. The average Bonchev–Trinajstić information content (AvgIpc) is 3.25. The summed E-state index contributed by atoms with van der Waals surface area (Å²) in [6.07, 6.45) is 2.67. The molecule has 0 aliphatic carbocycles. The van der Waals surface area contributed by atoms with E-state index in [0.717, 1.165) is 23.1 Å². The highest BCUT2D eigenvalue weighted by Crippen LogP contribution is 2.27. The molecule has 0 radical (unpaired) electrons. The van der Waals surface area contributed by atoms with E-state index in [1.807, 2.05) is 0 Å². The third-order valence-electron chi connectivity index (χ3n) is 3.95. The SMILES string of the molecule is O=C(Cn1cc(C(=O)O)nn1)N[C@@H](c1ccc(F)cc1)[C@@H]1CCCO1. The molecule has 0 saturated carbocycles. The Kier molecular flexibility index (Phi) is 5.03. The lowest BCUT2D eigenvalue weighted by molar-refractivity contribution is -0.123. The van der Waals surface area contributed by atoms with Gasteiger partial charge in [0, 0.05) is 6.61 Å². The molecule has 2 atom stereocenters. The zero-order valence-corrected chi connectivity index (χ0v) is 13.3. The first-order valence-corrected chi connectivity index (χ1v) is 7.83. The summed E-state index contributed by atoms with van der Waals surface area (Å²) in [5.74, 6) is -1.94. The van der Waals surface area contributed by atoms with Crippen LogP contribution >= 0.6 is 0 Å². The van der Waals surface area contributed by atoms with Gasteiger partial charge in [-0.2, -0.15) is 0 Å². The molecular weight excluding hydrogens is 331 g/mol. The molecule has 3 rings (SSSR count). The molecule has 0 unspecified atom stereocenters. The minimum atomic E-state index is -1.21. The van der Waals surface area contributed by atoms with Gasteiger partial charge in [-0.1, -0.05) is 17.3 Å². The number of aromatic nitrogens is 3. The summed E-state index contributed by atoms with van der Waals surface area (Å²) in [6, 6.07) is 5.47. The molecule has 8 nitrogen and oxygen atoms in total. The Morgan fingerprint density at radius 2 is 2.16 bits per heavy atom. The molecule has 1 aromatic heterocycles. The van der Waals surface area contributed by atoms with Crippen LogP contribution in [-0.2, 0) is 16.1 Å². The Labute approximate surface area is 142 Å². The molecule has 0 bridgehead atoms. The number of nitrogens with one attached hydrogen (secondary N) is 1. The highest BCUT2D eigenvalue weighted by molar-refractivity contribution is 5.84. The maximum Gasteiger partial charge on any atom is 0.358 e. The van der Waals surface area contributed by atoms with Crippen LogP contribution in [0.1, 0.15) is 34.9 Å². The van der Waals surface area contributed by atoms with Gasteiger partial charge in [0.15, 0.2) is 5.69 Å². The number of carbonyl (C=O) groups excluding carboxylic acids is 1. The zero-order chi connectivity index (χ0) is 17.8. The smallest absolute Gasteiger partial charge is 0.358 e. The molecule has 1 saturated heterocycles. The number of halogens is 1. The fourth-order valence-electron chi connectivity index (χ4n) is 2.77. The summed E-state index contributed by atoms with van der Waals surface area (Å²) in [4.78, 5) is 23.1. The van der Waals surface area contributed by atoms with Gasteiger partial charge in [0.1, 0.15) is 12.4 Å². The van der Waals surface area contributed by atoms with Crippen LogP contribution in [0.3, 0.4) is 0 Å². The van der Waals surface area contributed by atoms with Gasteiger partial charge in [0.2, 0.25) is 5.91 Å². The fraction of sp³-hybridized carbons (Fsp3) is 0.375. The van der Waals surface area contributed by atoms with Crippen LogP contribution in [0.25, 0.3) is 0 Å². The Morgan fingerprint density at radius 3 is 2.76 bits per heavy atom. The molecule has 9 heteroatoms. The molecule has 1 aromatic carbocycles. The van der Waals surface area contributed by atoms with Crippen molar-refractivity contribution in [3.8, 4) is 0 Å². The second-order valence-corrected chi connectivity index (χ2v) is 5.75. The van der Waals surface area contributed by atoms with E-state index in [-0.39, 0.29) is 30.1 Å². The van der Waals surface area contributed by atoms with E-state index in [2.05, 4.69) is 15.6 Å². The topological polar surface area (TPSA) is 106 Å². The van der Waals surface area contributed by atoms with Crippen LogP contribution in [0.4, 0.5) is 4.39 Å². The van der Waals surface area contributed by atoms with E-state index < -0.39 is 12.0 Å². The maximum atomic E-state index is 13.2. The first kappa shape index (κ1) is 17.0. The van der Waals surface area contributed by atoms with Crippen LogP contribution in [0.2, 0.25) is 0 Å². The largest absolute Gasteiger partial charge is 0.476 e. The predicted molar refractivity (Wildman–Crippen MR) is 83.2 cm³/mol. The van der Waals surface area contributed by atoms with Crippen LogP contribution in [-0.4, -0.2) is 44.7 Å². The first-order valence-electron chi connectivity index (χ1n) is 7.83. The molecular formula is C16H17FN4O4. The van der Waals surface area contributed by atoms with Gasteiger partial charge in [0.25, 0.3) is 0 Å². The number of carboxylic acids is 1. The second-order valence-electron chi connectivity index (χ2n) is 5.75. The highest BCUT2D eigenvalue weighted by atomic mass is 19.1. The molecule has 2 heterocycles. The summed E-state index contributed by atoms with van der Waals surface area (Å²) >= 11 is 0. The Balaban J connectivity index is 1.71. The molecule has 132 valence electrons. The van der Waals surface area contributed by atoms with Gasteiger partial charge in [-0.3, -0.25) is 4.79 Å². The lowest BCUT2D eigenvalue weighted by atomic mass is 9.99. The van der Waals surface area contributed by atoms with Crippen molar-refractivity contribution in [3.05, 3.63) is 47.5 Å². The van der Waals surface area contributed by atoms with Crippen molar-refractivity contribution >= 4 is 11.9 Å². The van der Waals surface area contributed by atoms with E-state index in [0.29, 0.717) is 6.61 Å². The third-order valence-corrected chi connectivity index (χ3v) is 3.95. The number of ether oxygens (including phenoxy) is 1. The molecule has 0 spiro atoms.